The number of Topliss-reactive ketones (excluding diaryl/α,β-unsaturated/α-hetero) is 1. The molecule has 1 aromatic rings. The van der Waals surface area contributed by atoms with E-state index < -0.39 is 0 Å². The van der Waals surface area contributed by atoms with Crippen molar-refractivity contribution in [2.45, 2.75) is 55.0 Å². The van der Waals surface area contributed by atoms with Crippen LogP contribution in [-0.2, 0) is 6.54 Å². The molecule has 1 heterocycles. The fourth-order valence-electron chi connectivity index (χ4n) is 3.09. The van der Waals surface area contributed by atoms with Crippen molar-refractivity contribution in [3.8, 4) is 0 Å². The van der Waals surface area contributed by atoms with E-state index >= 15 is 0 Å². The maximum absolute atomic E-state index is 12.7. The van der Waals surface area contributed by atoms with Crippen LogP contribution in [0.1, 0.15) is 56.4 Å². The standard InChI is InChI=1S/C18H32N2O/c1-8-20-15(6)9-17(16(20)7)18(21)12-19(10-13(2)3)11-14(4)5/h9,13-14H,8,10-12H2,1-7H3. The van der Waals surface area contributed by atoms with Gasteiger partial charge in [0.1, 0.15) is 0 Å². The molecule has 0 aliphatic rings. The molecule has 21 heavy (non-hydrogen) atoms. The minimum absolute atomic E-state index is 0.254. The highest BCUT2D eigenvalue weighted by molar-refractivity contribution is 5.99. The first-order chi connectivity index (χ1) is 9.76. The van der Waals surface area contributed by atoms with Crippen LogP contribution in [-0.4, -0.2) is 34.9 Å². The van der Waals surface area contributed by atoms with E-state index in [2.05, 4.69) is 57.9 Å². The predicted molar refractivity (Wildman–Crippen MR) is 90.0 cm³/mol. The molecule has 1 rings (SSSR count). The predicted octanol–water partition coefficient (Wildman–Crippen LogP) is 3.92. The second-order valence-corrected chi connectivity index (χ2v) is 6.93. The summed E-state index contributed by atoms with van der Waals surface area (Å²) in [5.74, 6) is 1.42. The van der Waals surface area contributed by atoms with E-state index in [1.165, 1.54) is 5.69 Å². The Labute approximate surface area is 130 Å². The molecule has 0 radical (unpaired) electrons. The Morgan fingerprint density at radius 3 is 2.05 bits per heavy atom. The smallest absolute Gasteiger partial charge is 0.178 e. The third-order valence-electron chi connectivity index (χ3n) is 3.80. The fraction of sp³-hybridized carbons (Fsp3) is 0.722. The van der Waals surface area contributed by atoms with E-state index in [-0.39, 0.29) is 5.78 Å². The van der Waals surface area contributed by atoms with Crippen molar-refractivity contribution in [2.24, 2.45) is 11.8 Å². The first kappa shape index (κ1) is 18.0. The Hall–Kier alpha value is -1.09. The molecule has 0 atom stereocenters. The molecule has 1 aromatic heterocycles. The number of hydrogen-bond acceptors (Lipinski definition) is 2. The van der Waals surface area contributed by atoms with Crippen LogP contribution >= 0.6 is 0 Å². The third-order valence-corrected chi connectivity index (χ3v) is 3.80. The van der Waals surface area contributed by atoms with E-state index in [1.54, 1.807) is 0 Å². The van der Waals surface area contributed by atoms with Gasteiger partial charge in [-0.15, -0.1) is 0 Å². The largest absolute Gasteiger partial charge is 0.349 e. The van der Waals surface area contributed by atoms with Crippen LogP contribution in [0.3, 0.4) is 0 Å². The second-order valence-electron chi connectivity index (χ2n) is 6.93. The van der Waals surface area contributed by atoms with Gasteiger partial charge in [0.2, 0.25) is 0 Å². The van der Waals surface area contributed by atoms with Gasteiger partial charge in [-0.05, 0) is 38.7 Å². The number of carbonyl (C=O) groups is 1. The van der Waals surface area contributed by atoms with Gasteiger partial charge in [0.25, 0.3) is 0 Å². The fourth-order valence-corrected chi connectivity index (χ4v) is 3.09. The van der Waals surface area contributed by atoms with Crippen molar-refractivity contribution in [1.82, 2.24) is 9.47 Å². The summed E-state index contributed by atoms with van der Waals surface area (Å²) in [6.45, 7) is 18.5. The normalized spacial score (nSPS) is 11.9. The minimum Gasteiger partial charge on any atom is -0.349 e. The van der Waals surface area contributed by atoms with Gasteiger partial charge >= 0.3 is 0 Å². The number of nitrogens with zero attached hydrogens (tertiary/aromatic N) is 2. The van der Waals surface area contributed by atoms with Gasteiger partial charge in [-0.1, -0.05) is 27.7 Å². The van der Waals surface area contributed by atoms with E-state index in [4.69, 9.17) is 0 Å². The van der Waals surface area contributed by atoms with Gasteiger partial charge in [-0.3, -0.25) is 9.69 Å². The van der Waals surface area contributed by atoms with Crippen molar-refractivity contribution in [3.05, 3.63) is 23.0 Å². The van der Waals surface area contributed by atoms with Crippen molar-refractivity contribution in [2.75, 3.05) is 19.6 Å². The highest BCUT2D eigenvalue weighted by atomic mass is 16.1. The average Bonchev–Trinajstić information content (AvgIpc) is 2.62. The quantitative estimate of drug-likeness (QED) is 0.679. The van der Waals surface area contributed by atoms with Crippen LogP contribution in [0.5, 0.6) is 0 Å². The summed E-state index contributed by atoms with van der Waals surface area (Å²) >= 11 is 0. The molecule has 0 saturated carbocycles. The summed E-state index contributed by atoms with van der Waals surface area (Å²) in [5.41, 5.74) is 3.18. The number of aromatic nitrogens is 1. The Kier molecular flexibility index (Phi) is 6.66. The Morgan fingerprint density at radius 2 is 1.67 bits per heavy atom. The highest BCUT2D eigenvalue weighted by Gasteiger charge is 2.19. The maximum Gasteiger partial charge on any atom is 0.178 e. The number of hydrogen-bond donors (Lipinski definition) is 0. The molecule has 3 heteroatoms. The molecular formula is C18H32N2O. The monoisotopic (exact) mass is 292 g/mol. The lowest BCUT2D eigenvalue weighted by Crippen LogP contribution is -2.36. The zero-order valence-electron chi connectivity index (χ0n) is 14.9. The molecule has 0 fully saturated rings. The van der Waals surface area contributed by atoms with Crippen LogP contribution in [0.2, 0.25) is 0 Å². The Bertz CT molecular complexity index is 462. The lowest BCUT2D eigenvalue weighted by Gasteiger charge is -2.25. The van der Waals surface area contributed by atoms with Crippen molar-refractivity contribution in [3.63, 3.8) is 0 Å². The van der Waals surface area contributed by atoms with Crippen molar-refractivity contribution < 1.29 is 4.79 Å². The number of rotatable bonds is 8. The molecular weight excluding hydrogens is 260 g/mol. The molecule has 0 aliphatic heterocycles. The summed E-state index contributed by atoms with van der Waals surface area (Å²) in [5, 5.41) is 0. The lowest BCUT2D eigenvalue weighted by molar-refractivity contribution is 0.0911. The molecule has 0 spiro atoms. The van der Waals surface area contributed by atoms with Gasteiger partial charge in [0, 0.05) is 36.6 Å². The van der Waals surface area contributed by atoms with E-state index in [9.17, 15) is 4.79 Å². The lowest BCUT2D eigenvalue weighted by atomic mass is 10.1. The highest BCUT2D eigenvalue weighted by Crippen LogP contribution is 2.16. The van der Waals surface area contributed by atoms with Crippen molar-refractivity contribution >= 4 is 5.78 Å². The van der Waals surface area contributed by atoms with Gasteiger partial charge in [-0.2, -0.15) is 0 Å². The summed E-state index contributed by atoms with van der Waals surface area (Å²) in [6, 6.07) is 2.05. The molecule has 0 amide bonds. The maximum atomic E-state index is 12.7. The molecule has 0 aliphatic carbocycles. The Morgan fingerprint density at radius 1 is 1.14 bits per heavy atom. The molecule has 120 valence electrons. The van der Waals surface area contributed by atoms with E-state index in [1.807, 2.05) is 6.07 Å². The minimum atomic E-state index is 0.254. The number of ketones is 1. The molecule has 0 unspecified atom stereocenters. The average molecular weight is 292 g/mol. The van der Waals surface area contributed by atoms with Crippen LogP contribution in [0, 0.1) is 25.7 Å². The first-order valence-electron chi connectivity index (χ1n) is 8.18. The van der Waals surface area contributed by atoms with Crippen molar-refractivity contribution in [1.29, 1.82) is 0 Å². The molecule has 0 aromatic carbocycles. The SMILES string of the molecule is CCn1c(C)cc(C(=O)CN(CC(C)C)CC(C)C)c1C. The molecule has 0 saturated heterocycles. The first-order valence-corrected chi connectivity index (χ1v) is 8.18. The van der Waals surface area contributed by atoms with Gasteiger partial charge in [0.05, 0.1) is 6.54 Å². The van der Waals surface area contributed by atoms with Gasteiger partial charge in [-0.25, -0.2) is 0 Å². The van der Waals surface area contributed by atoms with Gasteiger partial charge in [0.15, 0.2) is 5.78 Å². The van der Waals surface area contributed by atoms with Crippen LogP contribution < -0.4 is 0 Å². The summed E-state index contributed by atoms with van der Waals surface area (Å²) < 4.78 is 2.21. The topological polar surface area (TPSA) is 25.2 Å². The molecule has 0 N–H and O–H groups in total. The zero-order chi connectivity index (χ0) is 16.2. The van der Waals surface area contributed by atoms with Crippen LogP contribution in [0.25, 0.3) is 0 Å². The number of aryl methyl sites for hydroxylation is 1. The second kappa shape index (κ2) is 7.79. The summed E-state index contributed by atoms with van der Waals surface area (Å²) in [4.78, 5) is 15.0. The van der Waals surface area contributed by atoms with Crippen LogP contribution in [0.4, 0.5) is 0 Å². The molecule has 3 nitrogen and oxygen atoms in total. The third kappa shape index (κ3) is 4.99. The summed E-state index contributed by atoms with van der Waals surface area (Å²) in [6.07, 6.45) is 0. The number of carbonyl (C=O) groups excluding carboxylic acids is 1. The van der Waals surface area contributed by atoms with E-state index in [0.717, 1.165) is 30.9 Å². The zero-order valence-corrected chi connectivity index (χ0v) is 14.9. The van der Waals surface area contributed by atoms with E-state index in [0.29, 0.717) is 18.4 Å². The van der Waals surface area contributed by atoms with Gasteiger partial charge < -0.3 is 4.57 Å². The van der Waals surface area contributed by atoms with Crippen LogP contribution in [0.15, 0.2) is 6.07 Å². The summed E-state index contributed by atoms with van der Waals surface area (Å²) in [7, 11) is 0. The molecule has 0 bridgehead atoms. The Balaban J connectivity index is 2.86.